The Kier molecular flexibility index (Phi) is 6.60. The summed E-state index contributed by atoms with van der Waals surface area (Å²) in [5, 5.41) is 17.9. The minimum Gasteiger partial charge on any atom is -0.395 e. The predicted molar refractivity (Wildman–Crippen MR) is 68.9 cm³/mol. The number of carbonyl (C=O) groups excluding carboxylic acids is 1. The smallest absolute Gasteiger partial charge is 0.255 e. The van der Waals surface area contributed by atoms with E-state index in [1.807, 2.05) is 12.1 Å². The molecule has 0 aliphatic carbocycles. The maximum Gasteiger partial charge on any atom is 0.255 e. The van der Waals surface area contributed by atoms with Crippen LogP contribution >= 0.6 is 0 Å². The Morgan fingerprint density at radius 2 is 2.00 bits per heavy atom. The molecule has 6 heteroatoms. The van der Waals surface area contributed by atoms with Crippen molar-refractivity contribution in [2.75, 3.05) is 19.7 Å². The highest BCUT2D eigenvalue weighted by molar-refractivity contribution is 5.81. The van der Waals surface area contributed by atoms with Gasteiger partial charge in [-0.2, -0.15) is 5.26 Å². The highest BCUT2D eigenvalue weighted by Gasteiger charge is 2.26. The number of aliphatic hydroxyl groups is 1. The largest absolute Gasteiger partial charge is 0.395 e. The molecule has 1 rings (SSSR count). The van der Waals surface area contributed by atoms with Gasteiger partial charge >= 0.3 is 0 Å². The molecular weight excluding hydrogens is 266 g/mol. The molecule has 0 heterocycles. The van der Waals surface area contributed by atoms with Gasteiger partial charge in [0.2, 0.25) is 5.91 Å². The van der Waals surface area contributed by atoms with E-state index in [-0.39, 0.29) is 13.0 Å². The van der Waals surface area contributed by atoms with E-state index in [1.165, 1.54) is 0 Å². The van der Waals surface area contributed by atoms with E-state index in [4.69, 9.17) is 10.4 Å². The third kappa shape index (κ3) is 4.94. The molecule has 1 atom stereocenters. The number of nitriles is 1. The van der Waals surface area contributed by atoms with E-state index >= 15 is 0 Å². The molecule has 108 valence electrons. The first kappa shape index (κ1) is 16.1. The second kappa shape index (κ2) is 8.23. The van der Waals surface area contributed by atoms with Crippen LogP contribution in [0.5, 0.6) is 0 Å². The summed E-state index contributed by atoms with van der Waals surface area (Å²) < 4.78 is 24.8. The first-order valence-electron chi connectivity index (χ1n) is 6.19. The second-order valence-corrected chi connectivity index (χ2v) is 4.27. The lowest BCUT2D eigenvalue weighted by molar-refractivity contribution is -0.136. The van der Waals surface area contributed by atoms with Gasteiger partial charge in [-0.1, -0.05) is 30.3 Å². The average Bonchev–Trinajstić information content (AvgIpc) is 2.44. The molecule has 0 saturated heterocycles. The summed E-state index contributed by atoms with van der Waals surface area (Å²) in [5.41, 5.74) is 0.786. The Hall–Kier alpha value is -2.00. The molecule has 0 spiro atoms. The lowest BCUT2D eigenvalue weighted by Gasteiger charge is -2.23. The molecule has 1 unspecified atom stereocenters. The second-order valence-electron chi connectivity index (χ2n) is 4.27. The van der Waals surface area contributed by atoms with Crippen LogP contribution in [-0.2, 0) is 11.2 Å². The molecule has 0 radical (unpaired) electrons. The minimum atomic E-state index is -2.69. The van der Waals surface area contributed by atoms with Gasteiger partial charge in [0.1, 0.15) is 5.92 Å². The summed E-state index contributed by atoms with van der Waals surface area (Å²) in [6.45, 7) is -1.38. The first-order chi connectivity index (χ1) is 9.58. The summed E-state index contributed by atoms with van der Waals surface area (Å²) in [5.74, 6) is -1.70. The van der Waals surface area contributed by atoms with Crippen LogP contribution in [0.3, 0.4) is 0 Å². The van der Waals surface area contributed by atoms with Crippen molar-refractivity contribution in [1.29, 1.82) is 5.26 Å². The number of alkyl halides is 2. The third-order valence-corrected chi connectivity index (χ3v) is 2.78. The third-order valence-electron chi connectivity index (χ3n) is 2.78. The van der Waals surface area contributed by atoms with Gasteiger partial charge < -0.3 is 10.0 Å². The molecule has 4 nitrogen and oxygen atoms in total. The quantitative estimate of drug-likeness (QED) is 0.823. The number of hydrogen-bond donors (Lipinski definition) is 1. The molecule has 0 saturated carbocycles. The van der Waals surface area contributed by atoms with Crippen LogP contribution in [0, 0.1) is 17.2 Å². The number of amides is 1. The van der Waals surface area contributed by atoms with Crippen molar-refractivity contribution in [3.63, 3.8) is 0 Å². The zero-order chi connectivity index (χ0) is 15.0. The zero-order valence-corrected chi connectivity index (χ0v) is 10.9. The number of benzene rings is 1. The van der Waals surface area contributed by atoms with Crippen molar-refractivity contribution in [2.45, 2.75) is 12.8 Å². The van der Waals surface area contributed by atoms with Crippen molar-refractivity contribution in [3.8, 4) is 6.07 Å². The van der Waals surface area contributed by atoms with E-state index in [0.29, 0.717) is 0 Å². The molecule has 1 amide bonds. The van der Waals surface area contributed by atoms with E-state index in [2.05, 4.69) is 0 Å². The van der Waals surface area contributed by atoms with Gasteiger partial charge in [0.25, 0.3) is 6.43 Å². The number of hydrogen-bond acceptors (Lipinski definition) is 3. The van der Waals surface area contributed by atoms with Gasteiger partial charge in [-0.25, -0.2) is 8.78 Å². The average molecular weight is 282 g/mol. The standard InChI is InChI=1S/C14H16F2N2O2/c15-13(16)10-18(6-7-19)14(20)12(9-17)8-11-4-2-1-3-5-11/h1-5,12-13,19H,6-8,10H2. The Labute approximate surface area is 116 Å². The molecule has 0 aliphatic heterocycles. The van der Waals surface area contributed by atoms with Gasteiger partial charge in [-0.05, 0) is 12.0 Å². The van der Waals surface area contributed by atoms with Crippen LogP contribution in [0.2, 0.25) is 0 Å². The number of rotatable bonds is 7. The Balaban J connectivity index is 2.76. The van der Waals surface area contributed by atoms with E-state index < -0.39 is 31.4 Å². The van der Waals surface area contributed by atoms with E-state index in [9.17, 15) is 13.6 Å². The lowest BCUT2D eigenvalue weighted by Crippen LogP contribution is -2.41. The van der Waals surface area contributed by atoms with Crippen molar-refractivity contribution in [3.05, 3.63) is 35.9 Å². The van der Waals surface area contributed by atoms with Crippen molar-refractivity contribution < 1.29 is 18.7 Å². The SMILES string of the molecule is N#CC(Cc1ccccc1)C(=O)N(CCO)CC(F)F. The lowest BCUT2D eigenvalue weighted by atomic mass is 9.99. The van der Waals surface area contributed by atoms with E-state index in [1.54, 1.807) is 24.3 Å². The topological polar surface area (TPSA) is 64.3 Å². The summed E-state index contributed by atoms with van der Waals surface area (Å²) in [4.78, 5) is 12.9. The van der Waals surface area contributed by atoms with Gasteiger partial charge in [-0.15, -0.1) is 0 Å². The molecule has 0 bridgehead atoms. The number of halogens is 2. The van der Waals surface area contributed by atoms with Crippen LogP contribution < -0.4 is 0 Å². The van der Waals surface area contributed by atoms with Crippen LogP contribution in [0.4, 0.5) is 8.78 Å². The van der Waals surface area contributed by atoms with Crippen molar-refractivity contribution >= 4 is 5.91 Å². The highest BCUT2D eigenvalue weighted by atomic mass is 19.3. The van der Waals surface area contributed by atoms with Gasteiger partial charge in [0.05, 0.1) is 19.2 Å². The maximum atomic E-state index is 12.4. The van der Waals surface area contributed by atoms with Crippen molar-refractivity contribution in [2.24, 2.45) is 5.92 Å². The fraction of sp³-hybridized carbons (Fsp3) is 0.429. The Morgan fingerprint density at radius 3 is 2.50 bits per heavy atom. The molecule has 20 heavy (non-hydrogen) atoms. The van der Waals surface area contributed by atoms with E-state index in [0.717, 1.165) is 10.5 Å². The fourth-order valence-corrected chi connectivity index (χ4v) is 1.84. The molecule has 0 fully saturated rings. The molecule has 1 aromatic rings. The van der Waals surface area contributed by atoms with Crippen LogP contribution in [-0.4, -0.2) is 42.0 Å². The summed E-state index contributed by atoms with van der Waals surface area (Å²) >= 11 is 0. The first-order valence-corrected chi connectivity index (χ1v) is 6.19. The Bertz CT molecular complexity index is 460. The number of carbonyl (C=O) groups is 1. The zero-order valence-electron chi connectivity index (χ0n) is 10.9. The van der Waals surface area contributed by atoms with Crippen molar-refractivity contribution in [1.82, 2.24) is 4.90 Å². The molecule has 1 N–H and O–H groups in total. The monoisotopic (exact) mass is 282 g/mol. The maximum absolute atomic E-state index is 12.4. The number of nitrogens with zero attached hydrogens (tertiary/aromatic N) is 2. The Morgan fingerprint density at radius 1 is 1.35 bits per heavy atom. The molecular formula is C14H16F2N2O2. The van der Waals surface area contributed by atoms with Crippen LogP contribution in [0.1, 0.15) is 5.56 Å². The summed E-state index contributed by atoms with van der Waals surface area (Å²) in [7, 11) is 0. The summed E-state index contributed by atoms with van der Waals surface area (Å²) in [6.07, 6.45) is -2.52. The minimum absolute atomic E-state index is 0.168. The predicted octanol–water partition coefficient (Wildman–Crippen LogP) is 1.45. The van der Waals surface area contributed by atoms with Crippen LogP contribution in [0.25, 0.3) is 0 Å². The fourth-order valence-electron chi connectivity index (χ4n) is 1.84. The van der Waals surface area contributed by atoms with Gasteiger partial charge in [0.15, 0.2) is 0 Å². The van der Waals surface area contributed by atoms with Gasteiger partial charge in [-0.3, -0.25) is 4.79 Å². The normalized spacial score (nSPS) is 11.9. The van der Waals surface area contributed by atoms with Gasteiger partial charge in [0, 0.05) is 6.54 Å². The molecule has 1 aromatic carbocycles. The summed E-state index contributed by atoms with van der Waals surface area (Å²) in [6, 6.07) is 10.7. The van der Waals surface area contributed by atoms with Crippen LogP contribution in [0.15, 0.2) is 30.3 Å². The molecule has 0 aromatic heterocycles. The highest BCUT2D eigenvalue weighted by Crippen LogP contribution is 2.12. The number of aliphatic hydroxyl groups excluding tert-OH is 1. The molecule has 0 aliphatic rings.